The van der Waals surface area contributed by atoms with E-state index in [0.29, 0.717) is 12.6 Å². The first-order valence-electron chi connectivity index (χ1n) is 8.52. The molecule has 0 aliphatic carbocycles. The van der Waals surface area contributed by atoms with E-state index in [1.807, 2.05) is 25.2 Å². The van der Waals surface area contributed by atoms with Crippen LogP contribution in [0, 0.1) is 0 Å². The number of nitrogens with one attached hydrogen (secondary N) is 1. The topological polar surface area (TPSA) is 42.7 Å². The smallest absolute Gasteiger partial charge is 0.117 e. The van der Waals surface area contributed by atoms with Crippen molar-refractivity contribution >= 4 is 0 Å². The van der Waals surface area contributed by atoms with Crippen LogP contribution in [-0.4, -0.2) is 15.0 Å². The Hall–Kier alpha value is -2.46. The van der Waals surface area contributed by atoms with Crippen LogP contribution in [0.15, 0.2) is 60.7 Å². The second-order valence-corrected chi connectivity index (χ2v) is 5.98. The third-order valence-electron chi connectivity index (χ3n) is 4.13. The van der Waals surface area contributed by atoms with E-state index < -0.39 is 0 Å². The molecule has 0 radical (unpaired) electrons. The minimum absolute atomic E-state index is 0.335. The van der Waals surface area contributed by atoms with E-state index >= 15 is 0 Å². The van der Waals surface area contributed by atoms with Crippen molar-refractivity contribution < 1.29 is 0 Å². The SMILES string of the molecule is CCC[C@@H](NCc1nn(C)nc1-c1ccccc1)c1ccccc1. The molecule has 4 nitrogen and oxygen atoms in total. The van der Waals surface area contributed by atoms with E-state index in [2.05, 4.69) is 64.9 Å². The highest BCUT2D eigenvalue weighted by Crippen LogP contribution is 2.22. The summed E-state index contributed by atoms with van der Waals surface area (Å²) in [6.07, 6.45) is 2.24. The van der Waals surface area contributed by atoms with Crippen molar-refractivity contribution in [2.75, 3.05) is 0 Å². The molecule has 3 rings (SSSR count). The second-order valence-electron chi connectivity index (χ2n) is 5.98. The maximum Gasteiger partial charge on any atom is 0.117 e. The van der Waals surface area contributed by atoms with E-state index in [4.69, 9.17) is 0 Å². The molecule has 0 unspecified atom stereocenters. The van der Waals surface area contributed by atoms with Gasteiger partial charge < -0.3 is 5.32 Å². The van der Waals surface area contributed by atoms with Crippen LogP contribution in [0.25, 0.3) is 11.3 Å². The van der Waals surface area contributed by atoms with Crippen molar-refractivity contribution in [2.24, 2.45) is 7.05 Å². The average Bonchev–Trinajstić information content (AvgIpc) is 3.01. The van der Waals surface area contributed by atoms with Gasteiger partial charge >= 0.3 is 0 Å². The first kappa shape index (κ1) is 16.4. The molecular weight excluding hydrogens is 296 g/mol. The molecule has 0 bridgehead atoms. The zero-order valence-corrected chi connectivity index (χ0v) is 14.3. The van der Waals surface area contributed by atoms with Gasteiger partial charge in [0.05, 0.1) is 0 Å². The lowest BCUT2D eigenvalue weighted by atomic mass is 10.0. The summed E-state index contributed by atoms with van der Waals surface area (Å²) in [4.78, 5) is 1.65. The summed E-state index contributed by atoms with van der Waals surface area (Å²) in [7, 11) is 1.87. The molecule has 4 heteroatoms. The first-order valence-corrected chi connectivity index (χ1v) is 8.52. The summed E-state index contributed by atoms with van der Waals surface area (Å²) in [5.41, 5.74) is 4.37. The van der Waals surface area contributed by atoms with Crippen LogP contribution in [0.5, 0.6) is 0 Å². The lowest BCUT2D eigenvalue weighted by Crippen LogP contribution is -2.21. The van der Waals surface area contributed by atoms with Gasteiger partial charge in [-0.1, -0.05) is 74.0 Å². The van der Waals surface area contributed by atoms with Gasteiger partial charge in [-0.15, -0.1) is 0 Å². The highest BCUT2D eigenvalue weighted by molar-refractivity contribution is 5.60. The monoisotopic (exact) mass is 320 g/mol. The van der Waals surface area contributed by atoms with Crippen molar-refractivity contribution in [1.82, 2.24) is 20.3 Å². The minimum Gasteiger partial charge on any atom is -0.304 e. The Bertz CT molecular complexity index is 750. The van der Waals surface area contributed by atoms with Crippen LogP contribution in [0.1, 0.15) is 37.1 Å². The van der Waals surface area contributed by atoms with E-state index in [1.165, 1.54) is 5.56 Å². The van der Waals surface area contributed by atoms with Crippen molar-refractivity contribution in [3.05, 3.63) is 71.9 Å². The van der Waals surface area contributed by atoms with E-state index in [-0.39, 0.29) is 0 Å². The minimum atomic E-state index is 0.335. The lowest BCUT2D eigenvalue weighted by molar-refractivity contribution is 0.487. The van der Waals surface area contributed by atoms with Gasteiger partial charge in [0.15, 0.2) is 0 Å². The largest absolute Gasteiger partial charge is 0.304 e. The van der Waals surface area contributed by atoms with Crippen LogP contribution in [0.3, 0.4) is 0 Å². The van der Waals surface area contributed by atoms with Crippen LogP contribution < -0.4 is 5.32 Å². The second kappa shape index (κ2) is 7.88. The van der Waals surface area contributed by atoms with Gasteiger partial charge in [0.25, 0.3) is 0 Å². The average molecular weight is 320 g/mol. The predicted octanol–water partition coefficient (Wildman–Crippen LogP) is 4.11. The molecule has 0 aliphatic rings. The molecule has 0 saturated heterocycles. The molecule has 3 aromatic rings. The zero-order chi connectivity index (χ0) is 16.8. The number of benzene rings is 2. The van der Waals surface area contributed by atoms with Crippen LogP contribution in [0.4, 0.5) is 0 Å². The molecule has 1 N–H and O–H groups in total. The highest BCUT2D eigenvalue weighted by Gasteiger charge is 2.15. The number of aryl methyl sites for hydroxylation is 1. The predicted molar refractivity (Wildman–Crippen MR) is 97.4 cm³/mol. The Morgan fingerprint density at radius 3 is 2.29 bits per heavy atom. The summed E-state index contributed by atoms with van der Waals surface area (Å²) in [5.74, 6) is 0. The normalized spacial score (nSPS) is 12.2. The van der Waals surface area contributed by atoms with Gasteiger partial charge in [-0.3, -0.25) is 0 Å². The summed E-state index contributed by atoms with van der Waals surface area (Å²) in [5, 5.41) is 12.8. The van der Waals surface area contributed by atoms with Crippen LogP contribution >= 0.6 is 0 Å². The van der Waals surface area contributed by atoms with E-state index in [0.717, 1.165) is 29.8 Å². The first-order chi connectivity index (χ1) is 11.8. The molecular formula is C20H24N4. The standard InChI is InChI=1S/C20H24N4/c1-3-10-18(16-11-6-4-7-12-16)21-15-19-20(23-24(2)22-19)17-13-8-5-9-14-17/h4-9,11-14,18,21H,3,10,15H2,1-2H3/t18-/m1/s1. The number of hydrogen-bond donors (Lipinski definition) is 1. The molecule has 24 heavy (non-hydrogen) atoms. The van der Waals surface area contributed by atoms with Crippen molar-refractivity contribution in [3.63, 3.8) is 0 Å². The van der Waals surface area contributed by atoms with Gasteiger partial charge in [-0.2, -0.15) is 15.0 Å². The Morgan fingerprint density at radius 1 is 0.958 bits per heavy atom. The lowest BCUT2D eigenvalue weighted by Gasteiger charge is -2.18. The maximum atomic E-state index is 4.56. The van der Waals surface area contributed by atoms with Gasteiger partial charge in [0.2, 0.25) is 0 Å². The Labute approximate surface area is 143 Å². The maximum absolute atomic E-state index is 4.56. The molecule has 2 aromatic carbocycles. The molecule has 0 fully saturated rings. The molecule has 0 aliphatic heterocycles. The van der Waals surface area contributed by atoms with Gasteiger partial charge in [-0.25, -0.2) is 0 Å². The third-order valence-corrected chi connectivity index (χ3v) is 4.13. The summed E-state index contributed by atoms with van der Waals surface area (Å²) in [6, 6.07) is 21.2. The van der Waals surface area contributed by atoms with Gasteiger partial charge in [0, 0.05) is 25.2 Å². The zero-order valence-electron chi connectivity index (χ0n) is 14.3. The van der Waals surface area contributed by atoms with Gasteiger partial charge in [0.1, 0.15) is 11.4 Å². The van der Waals surface area contributed by atoms with Crippen molar-refractivity contribution in [1.29, 1.82) is 0 Å². The quantitative estimate of drug-likeness (QED) is 0.712. The van der Waals surface area contributed by atoms with Crippen molar-refractivity contribution in [2.45, 2.75) is 32.4 Å². The molecule has 1 atom stereocenters. The fraction of sp³-hybridized carbons (Fsp3) is 0.300. The number of nitrogens with zero attached hydrogens (tertiary/aromatic N) is 3. The van der Waals surface area contributed by atoms with Crippen molar-refractivity contribution in [3.8, 4) is 11.3 Å². The summed E-state index contributed by atoms with van der Waals surface area (Å²) >= 11 is 0. The molecule has 1 heterocycles. The third kappa shape index (κ3) is 3.89. The molecule has 124 valence electrons. The van der Waals surface area contributed by atoms with Crippen LogP contribution in [0.2, 0.25) is 0 Å². The molecule has 1 aromatic heterocycles. The number of hydrogen-bond acceptors (Lipinski definition) is 3. The Morgan fingerprint density at radius 2 is 1.62 bits per heavy atom. The number of aromatic nitrogens is 3. The van der Waals surface area contributed by atoms with E-state index in [1.54, 1.807) is 4.80 Å². The summed E-state index contributed by atoms with van der Waals surface area (Å²) in [6.45, 7) is 2.92. The molecule has 0 saturated carbocycles. The molecule has 0 spiro atoms. The van der Waals surface area contributed by atoms with Crippen LogP contribution in [-0.2, 0) is 13.6 Å². The van der Waals surface area contributed by atoms with E-state index in [9.17, 15) is 0 Å². The number of rotatable bonds is 7. The fourth-order valence-corrected chi connectivity index (χ4v) is 2.97. The fourth-order valence-electron chi connectivity index (χ4n) is 2.97. The highest BCUT2D eigenvalue weighted by atomic mass is 15.5. The van der Waals surface area contributed by atoms with Gasteiger partial charge in [-0.05, 0) is 12.0 Å². The molecule has 0 amide bonds. The Balaban J connectivity index is 1.78. The Kier molecular flexibility index (Phi) is 5.39. The summed E-state index contributed by atoms with van der Waals surface area (Å²) < 4.78 is 0.